The van der Waals surface area contributed by atoms with Gasteiger partial charge in [-0.05, 0) is 45.6 Å². The van der Waals surface area contributed by atoms with E-state index in [1.54, 1.807) is 7.11 Å². The Bertz CT molecular complexity index is 316. The molecule has 0 spiro atoms. The van der Waals surface area contributed by atoms with E-state index in [4.69, 9.17) is 10.5 Å². The summed E-state index contributed by atoms with van der Waals surface area (Å²) in [7, 11) is 3.64. The van der Waals surface area contributed by atoms with Gasteiger partial charge in [-0.15, -0.1) is 0 Å². The smallest absolute Gasteiger partial charge is 0.237 e. The largest absolute Gasteiger partial charge is 0.381 e. The molecule has 2 atom stereocenters. The number of methoxy groups -OCH3 is 1. The van der Waals surface area contributed by atoms with E-state index in [1.807, 2.05) is 7.05 Å². The van der Waals surface area contributed by atoms with Gasteiger partial charge in [0.05, 0.1) is 11.6 Å². The highest BCUT2D eigenvalue weighted by atomic mass is 16.5. The first-order valence-electron chi connectivity index (χ1n) is 7.37. The predicted molar refractivity (Wildman–Crippen MR) is 74.8 cm³/mol. The number of likely N-dealkylation sites (N-methyl/N-ethyl adjacent to an activating group) is 1. The zero-order valence-electron chi connectivity index (χ0n) is 12.2. The molecule has 3 N–H and O–H groups in total. The molecule has 19 heavy (non-hydrogen) atoms. The normalized spacial score (nSPS) is 34.3. The average molecular weight is 269 g/mol. The molecule has 1 aliphatic carbocycles. The highest BCUT2D eigenvalue weighted by molar-refractivity contribution is 5.84. The van der Waals surface area contributed by atoms with Crippen LogP contribution in [0.3, 0.4) is 0 Å². The Morgan fingerprint density at radius 2 is 2.05 bits per heavy atom. The molecule has 2 fully saturated rings. The van der Waals surface area contributed by atoms with Crippen molar-refractivity contribution in [2.75, 3.05) is 27.2 Å². The van der Waals surface area contributed by atoms with Crippen molar-refractivity contribution in [2.24, 2.45) is 5.73 Å². The third-order valence-electron chi connectivity index (χ3n) is 5.00. The molecule has 2 unspecified atom stereocenters. The van der Waals surface area contributed by atoms with Gasteiger partial charge in [-0.2, -0.15) is 0 Å². The SMILES string of the molecule is CNC1(C(N)=O)CCCC(N2CCC(OC)CC2)C1. The van der Waals surface area contributed by atoms with Gasteiger partial charge in [0.25, 0.3) is 0 Å². The van der Waals surface area contributed by atoms with Crippen LogP contribution in [0, 0.1) is 0 Å². The molecule has 1 heterocycles. The van der Waals surface area contributed by atoms with E-state index in [1.165, 1.54) is 6.42 Å². The Morgan fingerprint density at radius 1 is 1.37 bits per heavy atom. The summed E-state index contributed by atoms with van der Waals surface area (Å²) in [5.74, 6) is -0.202. The Morgan fingerprint density at radius 3 is 2.58 bits per heavy atom. The van der Waals surface area contributed by atoms with Crippen molar-refractivity contribution in [1.29, 1.82) is 0 Å². The number of ether oxygens (including phenoxy) is 1. The molecule has 5 heteroatoms. The topological polar surface area (TPSA) is 67.6 Å². The quantitative estimate of drug-likeness (QED) is 0.779. The summed E-state index contributed by atoms with van der Waals surface area (Å²) in [6.07, 6.45) is 6.55. The standard InChI is InChI=1S/C14H27N3O2/c1-16-14(13(15)18)7-3-4-11(10-14)17-8-5-12(19-2)6-9-17/h11-12,16H,3-10H2,1-2H3,(H2,15,18). The van der Waals surface area contributed by atoms with E-state index in [-0.39, 0.29) is 5.91 Å². The van der Waals surface area contributed by atoms with E-state index in [0.29, 0.717) is 12.1 Å². The van der Waals surface area contributed by atoms with Crippen LogP contribution in [0.15, 0.2) is 0 Å². The van der Waals surface area contributed by atoms with Crippen molar-refractivity contribution in [3.05, 3.63) is 0 Å². The zero-order chi connectivity index (χ0) is 13.9. The second-order valence-electron chi connectivity index (χ2n) is 5.92. The number of nitrogens with one attached hydrogen (secondary N) is 1. The third-order valence-corrected chi connectivity index (χ3v) is 5.00. The van der Waals surface area contributed by atoms with Crippen molar-refractivity contribution in [2.45, 2.75) is 56.2 Å². The maximum atomic E-state index is 11.8. The number of nitrogens with zero attached hydrogens (tertiary/aromatic N) is 1. The molecule has 1 aliphatic heterocycles. The van der Waals surface area contributed by atoms with Crippen LogP contribution in [0.1, 0.15) is 38.5 Å². The Balaban J connectivity index is 1.96. The van der Waals surface area contributed by atoms with Crippen LogP contribution in [0.4, 0.5) is 0 Å². The van der Waals surface area contributed by atoms with Crippen molar-refractivity contribution in [3.63, 3.8) is 0 Å². The van der Waals surface area contributed by atoms with E-state index in [9.17, 15) is 4.79 Å². The molecule has 5 nitrogen and oxygen atoms in total. The highest BCUT2D eigenvalue weighted by Crippen LogP contribution is 2.32. The fraction of sp³-hybridized carbons (Fsp3) is 0.929. The number of hydrogen-bond donors (Lipinski definition) is 2. The highest BCUT2D eigenvalue weighted by Gasteiger charge is 2.42. The van der Waals surface area contributed by atoms with Crippen molar-refractivity contribution < 1.29 is 9.53 Å². The molecule has 0 aromatic heterocycles. The summed E-state index contributed by atoms with van der Waals surface area (Å²) in [5, 5.41) is 3.18. The number of rotatable bonds is 4. The molecule has 2 aliphatic rings. The fourth-order valence-electron chi connectivity index (χ4n) is 3.61. The molecule has 0 aromatic rings. The molecular formula is C14H27N3O2. The van der Waals surface area contributed by atoms with E-state index < -0.39 is 5.54 Å². The fourth-order valence-corrected chi connectivity index (χ4v) is 3.61. The first-order valence-corrected chi connectivity index (χ1v) is 7.37. The molecule has 0 bridgehead atoms. The summed E-state index contributed by atoms with van der Waals surface area (Å²) in [6.45, 7) is 2.14. The van der Waals surface area contributed by atoms with Gasteiger partial charge in [-0.25, -0.2) is 0 Å². The van der Waals surface area contributed by atoms with Gasteiger partial charge in [0.15, 0.2) is 0 Å². The predicted octanol–water partition coefficient (Wildman–Crippen LogP) is 0.483. The molecule has 0 radical (unpaired) electrons. The van der Waals surface area contributed by atoms with E-state index >= 15 is 0 Å². The lowest BCUT2D eigenvalue weighted by molar-refractivity contribution is -0.126. The molecule has 1 saturated heterocycles. The lowest BCUT2D eigenvalue weighted by Gasteiger charge is -2.45. The maximum Gasteiger partial charge on any atom is 0.237 e. The second-order valence-corrected chi connectivity index (χ2v) is 5.92. The average Bonchev–Trinajstić information content (AvgIpc) is 2.47. The van der Waals surface area contributed by atoms with Gasteiger partial charge in [-0.1, -0.05) is 0 Å². The van der Waals surface area contributed by atoms with Crippen LogP contribution in [-0.4, -0.2) is 55.7 Å². The van der Waals surface area contributed by atoms with Gasteiger partial charge >= 0.3 is 0 Å². The number of amides is 1. The monoisotopic (exact) mass is 269 g/mol. The summed E-state index contributed by atoms with van der Waals surface area (Å²) in [6, 6.07) is 0.478. The number of primary amides is 1. The first kappa shape index (κ1) is 14.8. The number of carbonyl (C=O) groups is 1. The number of likely N-dealkylation sites (tertiary alicyclic amines) is 1. The third kappa shape index (κ3) is 3.09. The lowest BCUT2D eigenvalue weighted by atomic mass is 9.77. The van der Waals surface area contributed by atoms with Crippen molar-refractivity contribution in [1.82, 2.24) is 10.2 Å². The van der Waals surface area contributed by atoms with Crippen LogP contribution in [0.25, 0.3) is 0 Å². The zero-order valence-corrected chi connectivity index (χ0v) is 12.2. The summed E-state index contributed by atoms with van der Waals surface area (Å²) >= 11 is 0. The Kier molecular flexibility index (Phi) is 4.81. The minimum Gasteiger partial charge on any atom is -0.381 e. The number of nitrogens with two attached hydrogens (primary N) is 1. The minimum absolute atomic E-state index is 0.202. The molecule has 1 saturated carbocycles. The van der Waals surface area contributed by atoms with Gasteiger partial charge in [0.2, 0.25) is 5.91 Å². The van der Waals surface area contributed by atoms with Crippen LogP contribution < -0.4 is 11.1 Å². The first-order chi connectivity index (χ1) is 9.11. The molecular weight excluding hydrogens is 242 g/mol. The lowest BCUT2D eigenvalue weighted by Crippen LogP contribution is -2.60. The van der Waals surface area contributed by atoms with Gasteiger partial charge in [-0.3, -0.25) is 4.79 Å². The van der Waals surface area contributed by atoms with Crippen LogP contribution in [0.2, 0.25) is 0 Å². The van der Waals surface area contributed by atoms with Gasteiger partial charge in [0, 0.05) is 26.2 Å². The maximum absolute atomic E-state index is 11.8. The van der Waals surface area contributed by atoms with Crippen molar-refractivity contribution >= 4 is 5.91 Å². The molecule has 2 rings (SSSR count). The number of carbonyl (C=O) groups excluding carboxylic acids is 1. The van der Waals surface area contributed by atoms with E-state index in [0.717, 1.165) is 45.2 Å². The van der Waals surface area contributed by atoms with Crippen LogP contribution in [0.5, 0.6) is 0 Å². The van der Waals surface area contributed by atoms with Crippen molar-refractivity contribution in [3.8, 4) is 0 Å². The van der Waals surface area contributed by atoms with Crippen LogP contribution in [-0.2, 0) is 9.53 Å². The Labute approximate surface area is 115 Å². The summed E-state index contributed by atoms with van der Waals surface area (Å²) in [4.78, 5) is 14.3. The molecule has 0 aromatic carbocycles. The molecule has 1 amide bonds. The number of piperidine rings is 1. The second kappa shape index (κ2) is 6.20. The van der Waals surface area contributed by atoms with Gasteiger partial charge < -0.3 is 20.7 Å². The van der Waals surface area contributed by atoms with Crippen LogP contribution >= 0.6 is 0 Å². The summed E-state index contributed by atoms with van der Waals surface area (Å²) in [5.41, 5.74) is 5.11. The summed E-state index contributed by atoms with van der Waals surface area (Å²) < 4.78 is 5.41. The minimum atomic E-state index is -0.499. The van der Waals surface area contributed by atoms with Gasteiger partial charge in [0.1, 0.15) is 0 Å². The van der Waals surface area contributed by atoms with E-state index in [2.05, 4.69) is 10.2 Å². The number of hydrogen-bond acceptors (Lipinski definition) is 4. The Hall–Kier alpha value is -0.650. The molecule has 110 valence electrons.